The fourth-order valence-corrected chi connectivity index (χ4v) is 3.99. The summed E-state index contributed by atoms with van der Waals surface area (Å²) in [6.07, 6.45) is 1.89. The first kappa shape index (κ1) is 18.4. The number of thiocarbonyl (C=S) groups is 1. The highest BCUT2D eigenvalue weighted by molar-refractivity contribution is 8.26. The van der Waals surface area contributed by atoms with Crippen LogP contribution in [-0.4, -0.2) is 32.2 Å². The zero-order chi connectivity index (χ0) is 18.8. The van der Waals surface area contributed by atoms with Crippen LogP contribution in [0.2, 0.25) is 0 Å². The molecule has 0 radical (unpaired) electrons. The monoisotopic (exact) mass is 387 g/mol. The van der Waals surface area contributed by atoms with E-state index in [0.717, 1.165) is 27.8 Å². The fourth-order valence-electron chi connectivity index (χ4n) is 2.65. The van der Waals surface area contributed by atoms with Gasteiger partial charge in [0, 0.05) is 11.6 Å². The van der Waals surface area contributed by atoms with Gasteiger partial charge in [-0.25, -0.2) is 4.79 Å². The Morgan fingerprint density at radius 1 is 1.31 bits per heavy atom. The van der Waals surface area contributed by atoms with E-state index in [1.165, 1.54) is 0 Å². The Balaban J connectivity index is 1.85. The highest BCUT2D eigenvalue weighted by Crippen LogP contribution is 2.35. The summed E-state index contributed by atoms with van der Waals surface area (Å²) in [5.74, 6) is -0.250. The second-order valence-corrected chi connectivity index (χ2v) is 7.56. The Hall–Kier alpha value is -2.38. The number of nitrogens with zero attached hydrogens (tertiary/aromatic N) is 1. The SMILES string of the molecule is CC[C@H](C(=O)O)N1C(=O)/C(=C/c2ccc(-c3ccc(C)cc3)o2)SC1=S. The van der Waals surface area contributed by atoms with Crippen LogP contribution in [0.5, 0.6) is 0 Å². The molecule has 134 valence electrons. The Labute approximate surface area is 160 Å². The average molecular weight is 387 g/mol. The van der Waals surface area contributed by atoms with Gasteiger partial charge < -0.3 is 9.52 Å². The lowest BCUT2D eigenvalue weighted by Crippen LogP contribution is -2.43. The fraction of sp³-hybridized carbons (Fsp3) is 0.211. The molecule has 1 aromatic heterocycles. The summed E-state index contributed by atoms with van der Waals surface area (Å²) in [5.41, 5.74) is 2.10. The van der Waals surface area contributed by atoms with E-state index >= 15 is 0 Å². The summed E-state index contributed by atoms with van der Waals surface area (Å²) < 4.78 is 6.06. The number of benzene rings is 1. The van der Waals surface area contributed by atoms with Crippen molar-refractivity contribution in [3.8, 4) is 11.3 Å². The highest BCUT2D eigenvalue weighted by atomic mass is 32.2. The largest absolute Gasteiger partial charge is 0.480 e. The number of rotatable bonds is 5. The molecule has 0 spiro atoms. The molecule has 1 amide bonds. The number of carboxylic acids is 1. The molecular weight excluding hydrogens is 370 g/mol. The quantitative estimate of drug-likeness (QED) is 0.609. The summed E-state index contributed by atoms with van der Waals surface area (Å²) >= 11 is 6.29. The molecule has 2 heterocycles. The smallest absolute Gasteiger partial charge is 0.326 e. The zero-order valence-corrected chi connectivity index (χ0v) is 15.9. The molecule has 7 heteroatoms. The number of aryl methyl sites for hydroxylation is 1. The Morgan fingerprint density at radius 3 is 2.62 bits per heavy atom. The number of hydrogen-bond acceptors (Lipinski definition) is 5. The van der Waals surface area contributed by atoms with Crippen LogP contribution in [0, 0.1) is 6.92 Å². The third-order valence-corrected chi connectivity index (χ3v) is 5.37. The van der Waals surface area contributed by atoms with E-state index in [2.05, 4.69) is 0 Å². The molecule has 1 aliphatic heterocycles. The van der Waals surface area contributed by atoms with Crippen LogP contribution in [0.15, 0.2) is 45.7 Å². The van der Waals surface area contributed by atoms with Gasteiger partial charge in [-0.15, -0.1) is 0 Å². The van der Waals surface area contributed by atoms with Crippen molar-refractivity contribution in [1.29, 1.82) is 0 Å². The van der Waals surface area contributed by atoms with Crippen molar-refractivity contribution < 1.29 is 19.1 Å². The maximum absolute atomic E-state index is 12.6. The van der Waals surface area contributed by atoms with Gasteiger partial charge in [0.25, 0.3) is 5.91 Å². The number of aliphatic carboxylic acids is 1. The van der Waals surface area contributed by atoms with E-state index in [1.54, 1.807) is 19.1 Å². The minimum absolute atomic E-state index is 0.251. The van der Waals surface area contributed by atoms with Gasteiger partial charge in [-0.05, 0) is 25.5 Å². The summed E-state index contributed by atoms with van der Waals surface area (Å²) in [7, 11) is 0. The first-order valence-corrected chi connectivity index (χ1v) is 9.30. The molecule has 0 unspecified atom stereocenters. The maximum atomic E-state index is 12.6. The molecule has 1 aliphatic rings. The molecule has 1 atom stereocenters. The van der Waals surface area contributed by atoms with Gasteiger partial charge in [-0.1, -0.05) is 60.7 Å². The van der Waals surface area contributed by atoms with Gasteiger partial charge in [0.05, 0.1) is 4.91 Å². The van der Waals surface area contributed by atoms with Gasteiger partial charge in [0.1, 0.15) is 21.9 Å². The Morgan fingerprint density at radius 2 is 2.00 bits per heavy atom. The number of hydrogen-bond donors (Lipinski definition) is 1. The van der Waals surface area contributed by atoms with Crippen molar-refractivity contribution in [1.82, 2.24) is 4.90 Å². The second-order valence-electron chi connectivity index (χ2n) is 5.88. The molecule has 1 saturated heterocycles. The van der Waals surface area contributed by atoms with Crippen molar-refractivity contribution in [2.45, 2.75) is 26.3 Å². The molecule has 1 aromatic carbocycles. The number of furan rings is 1. The molecule has 0 aliphatic carbocycles. The average Bonchev–Trinajstić information content (AvgIpc) is 3.16. The third kappa shape index (κ3) is 3.59. The van der Waals surface area contributed by atoms with Gasteiger partial charge in [-0.3, -0.25) is 9.69 Å². The van der Waals surface area contributed by atoms with E-state index < -0.39 is 17.9 Å². The van der Waals surface area contributed by atoms with E-state index in [9.17, 15) is 14.7 Å². The molecular formula is C19H17NO4S2. The topological polar surface area (TPSA) is 70.8 Å². The Bertz CT molecular complexity index is 899. The van der Waals surface area contributed by atoms with Crippen molar-refractivity contribution in [2.24, 2.45) is 0 Å². The lowest BCUT2D eigenvalue weighted by atomic mass is 10.1. The molecule has 26 heavy (non-hydrogen) atoms. The van der Waals surface area contributed by atoms with Crippen LogP contribution in [-0.2, 0) is 9.59 Å². The number of carbonyl (C=O) groups is 2. The molecule has 1 fully saturated rings. The lowest BCUT2D eigenvalue weighted by Gasteiger charge is -2.21. The lowest BCUT2D eigenvalue weighted by molar-refractivity contribution is -0.145. The van der Waals surface area contributed by atoms with Crippen molar-refractivity contribution >= 4 is 46.3 Å². The van der Waals surface area contributed by atoms with E-state index in [4.69, 9.17) is 16.6 Å². The summed E-state index contributed by atoms with van der Waals surface area (Å²) in [5, 5.41) is 9.29. The number of thioether (sulfide) groups is 1. The van der Waals surface area contributed by atoms with Crippen LogP contribution < -0.4 is 0 Å². The molecule has 2 aromatic rings. The minimum atomic E-state index is -1.07. The molecule has 0 bridgehead atoms. The Kier molecular flexibility index (Phi) is 5.29. The molecule has 3 rings (SSSR count). The van der Waals surface area contributed by atoms with E-state index in [1.807, 2.05) is 37.3 Å². The number of amides is 1. The highest BCUT2D eigenvalue weighted by Gasteiger charge is 2.39. The van der Waals surface area contributed by atoms with Gasteiger partial charge in [0.2, 0.25) is 0 Å². The maximum Gasteiger partial charge on any atom is 0.326 e. The second kappa shape index (κ2) is 7.47. The van der Waals surface area contributed by atoms with Crippen LogP contribution in [0.4, 0.5) is 0 Å². The van der Waals surface area contributed by atoms with E-state index in [-0.39, 0.29) is 10.7 Å². The van der Waals surface area contributed by atoms with Crippen molar-refractivity contribution in [3.63, 3.8) is 0 Å². The van der Waals surface area contributed by atoms with Gasteiger partial charge >= 0.3 is 5.97 Å². The van der Waals surface area contributed by atoms with Crippen LogP contribution >= 0.6 is 24.0 Å². The van der Waals surface area contributed by atoms with E-state index in [0.29, 0.717) is 16.4 Å². The molecule has 1 N–H and O–H groups in total. The predicted octanol–water partition coefficient (Wildman–Crippen LogP) is 4.32. The van der Waals surface area contributed by atoms with Crippen molar-refractivity contribution in [2.75, 3.05) is 0 Å². The normalized spacial score (nSPS) is 17.2. The summed E-state index contributed by atoms with van der Waals surface area (Å²) in [6.45, 7) is 3.72. The summed E-state index contributed by atoms with van der Waals surface area (Å²) in [4.78, 5) is 25.5. The van der Waals surface area contributed by atoms with Crippen molar-refractivity contribution in [3.05, 3.63) is 52.6 Å². The first-order chi connectivity index (χ1) is 12.4. The first-order valence-electron chi connectivity index (χ1n) is 8.07. The zero-order valence-electron chi connectivity index (χ0n) is 14.3. The van der Waals surface area contributed by atoms with Gasteiger partial charge in [-0.2, -0.15) is 0 Å². The summed E-state index contributed by atoms with van der Waals surface area (Å²) in [6, 6.07) is 10.6. The van der Waals surface area contributed by atoms with Crippen LogP contribution in [0.3, 0.4) is 0 Å². The number of carboxylic acid groups (broad SMARTS) is 1. The molecule has 5 nitrogen and oxygen atoms in total. The predicted molar refractivity (Wildman–Crippen MR) is 106 cm³/mol. The van der Waals surface area contributed by atoms with Crippen LogP contribution in [0.1, 0.15) is 24.7 Å². The molecule has 0 saturated carbocycles. The third-order valence-electron chi connectivity index (χ3n) is 4.04. The minimum Gasteiger partial charge on any atom is -0.480 e. The standard InChI is InChI=1S/C19H17NO4S2/c1-3-14(18(22)23)20-17(21)16(26-19(20)25)10-13-8-9-15(24-13)12-6-4-11(2)5-7-12/h4-10,14H,3H2,1-2H3,(H,22,23)/b16-10-/t14-/m1/s1. The van der Waals surface area contributed by atoms with Crippen LogP contribution in [0.25, 0.3) is 17.4 Å². The van der Waals surface area contributed by atoms with Gasteiger partial charge in [0.15, 0.2) is 0 Å². The number of carbonyl (C=O) groups excluding carboxylic acids is 1.